The van der Waals surface area contributed by atoms with E-state index in [0.29, 0.717) is 22.2 Å². The molecule has 0 fully saturated rings. The molecule has 10 heteroatoms. The maximum absolute atomic E-state index is 12.7. The van der Waals surface area contributed by atoms with Crippen LogP contribution in [0.2, 0.25) is 0 Å². The molecule has 1 aromatic heterocycles. The molecular weight excluding hydrogens is 400 g/mol. The summed E-state index contributed by atoms with van der Waals surface area (Å²) in [7, 11) is 3.02. The molecule has 1 atom stereocenters. The van der Waals surface area contributed by atoms with Gasteiger partial charge in [0, 0.05) is 11.6 Å². The zero-order chi connectivity index (χ0) is 20.7. The Balaban J connectivity index is 2.12. The minimum absolute atomic E-state index is 0.131. The number of nitrogens with zero attached hydrogens (tertiary/aromatic N) is 2. The van der Waals surface area contributed by atoms with Gasteiger partial charge < -0.3 is 14.8 Å². The predicted molar refractivity (Wildman–Crippen MR) is 111 cm³/mol. The summed E-state index contributed by atoms with van der Waals surface area (Å²) in [4.78, 5) is 25.4. The van der Waals surface area contributed by atoms with Gasteiger partial charge in [0.1, 0.15) is 17.5 Å². The molecular formula is C18H24N4O4S2. The Morgan fingerprint density at radius 2 is 1.79 bits per heavy atom. The molecule has 152 valence electrons. The molecule has 0 unspecified atom stereocenters. The van der Waals surface area contributed by atoms with E-state index in [1.54, 1.807) is 30.0 Å². The van der Waals surface area contributed by atoms with Crippen LogP contribution in [0, 0.1) is 5.92 Å². The molecule has 0 aliphatic rings. The molecule has 2 aromatic rings. The van der Waals surface area contributed by atoms with Crippen LogP contribution in [0.25, 0.3) is 0 Å². The van der Waals surface area contributed by atoms with Gasteiger partial charge in [-0.3, -0.25) is 14.9 Å². The predicted octanol–water partition coefficient (Wildman–Crippen LogP) is 3.06. The van der Waals surface area contributed by atoms with Crippen LogP contribution < -0.4 is 20.1 Å². The first-order valence-corrected chi connectivity index (χ1v) is 10.5. The summed E-state index contributed by atoms with van der Waals surface area (Å²) in [6.07, 6.45) is 0. The largest absolute Gasteiger partial charge is 0.497 e. The third kappa shape index (κ3) is 5.83. The van der Waals surface area contributed by atoms with E-state index in [9.17, 15) is 9.59 Å². The van der Waals surface area contributed by atoms with Gasteiger partial charge >= 0.3 is 0 Å². The second kappa shape index (κ2) is 10.3. The van der Waals surface area contributed by atoms with Gasteiger partial charge in [-0.15, -0.1) is 10.2 Å². The summed E-state index contributed by atoms with van der Waals surface area (Å²) in [6, 6.07) is 4.11. The Bertz CT molecular complexity index is 803. The highest BCUT2D eigenvalue weighted by Crippen LogP contribution is 2.25. The third-order valence-electron chi connectivity index (χ3n) is 3.75. The molecule has 1 aromatic carbocycles. The zero-order valence-corrected chi connectivity index (χ0v) is 18.1. The number of carbonyl (C=O) groups is 2. The van der Waals surface area contributed by atoms with Crippen molar-refractivity contribution in [3.8, 4) is 11.5 Å². The lowest BCUT2D eigenvalue weighted by molar-refractivity contribution is -0.118. The van der Waals surface area contributed by atoms with E-state index in [1.807, 2.05) is 20.8 Å². The Morgan fingerprint density at radius 1 is 1.14 bits per heavy atom. The van der Waals surface area contributed by atoms with Crippen molar-refractivity contribution >= 4 is 40.0 Å². The smallest absolute Gasteiger partial charge is 0.252 e. The number of hydrogen-bond donors (Lipinski definition) is 2. The molecule has 28 heavy (non-hydrogen) atoms. The van der Waals surface area contributed by atoms with Crippen molar-refractivity contribution < 1.29 is 19.1 Å². The van der Waals surface area contributed by atoms with Gasteiger partial charge in [0.15, 0.2) is 4.34 Å². The second-order valence-corrected chi connectivity index (χ2v) is 8.58. The maximum atomic E-state index is 12.7. The van der Waals surface area contributed by atoms with Crippen molar-refractivity contribution in [3.05, 3.63) is 23.8 Å². The SMILES string of the molecule is CCSc1nnc(NC(=O)[C@@H](NC(=O)c2cc(OC)cc(OC)c2)C(C)C)s1. The van der Waals surface area contributed by atoms with Crippen LogP contribution >= 0.6 is 23.1 Å². The minimum Gasteiger partial charge on any atom is -0.497 e. The lowest BCUT2D eigenvalue weighted by Gasteiger charge is -2.21. The van der Waals surface area contributed by atoms with E-state index in [-0.39, 0.29) is 11.8 Å². The maximum Gasteiger partial charge on any atom is 0.252 e. The van der Waals surface area contributed by atoms with Crippen LogP contribution in [-0.2, 0) is 4.79 Å². The van der Waals surface area contributed by atoms with E-state index in [2.05, 4.69) is 20.8 Å². The topological polar surface area (TPSA) is 102 Å². The van der Waals surface area contributed by atoms with Crippen molar-refractivity contribution in [2.45, 2.75) is 31.2 Å². The first-order chi connectivity index (χ1) is 13.4. The van der Waals surface area contributed by atoms with Crippen molar-refractivity contribution in [1.29, 1.82) is 0 Å². The van der Waals surface area contributed by atoms with Gasteiger partial charge in [-0.1, -0.05) is 43.9 Å². The highest BCUT2D eigenvalue weighted by molar-refractivity contribution is 8.01. The number of aromatic nitrogens is 2. The monoisotopic (exact) mass is 424 g/mol. The lowest BCUT2D eigenvalue weighted by Crippen LogP contribution is -2.47. The minimum atomic E-state index is -0.740. The number of thioether (sulfide) groups is 1. The van der Waals surface area contributed by atoms with Crippen molar-refractivity contribution in [2.75, 3.05) is 25.3 Å². The van der Waals surface area contributed by atoms with E-state index < -0.39 is 11.9 Å². The standard InChI is InChI=1S/C18H24N4O4S2/c1-6-27-18-22-21-17(28-18)20-16(24)14(10(2)3)19-15(23)11-7-12(25-4)9-13(8-11)26-5/h7-10,14H,6H2,1-5H3,(H,19,23)(H,20,21,24)/t14-/m0/s1. The lowest BCUT2D eigenvalue weighted by atomic mass is 10.0. The average Bonchev–Trinajstić information content (AvgIpc) is 3.12. The number of benzene rings is 1. The number of methoxy groups -OCH3 is 2. The average molecular weight is 425 g/mol. The second-order valence-electron chi connectivity index (χ2n) is 6.09. The normalized spacial score (nSPS) is 11.8. The Hall–Kier alpha value is -2.33. The van der Waals surface area contributed by atoms with Gasteiger partial charge in [-0.25, -0.2) is 0 Å². The van der Waals surface area contributed by atoms with Crippen molar-refractivity contribution in [1.82, 2.24) is 15.5 Å². The van der Waals surface area contributed by atoms with Crippen LogP contribution in [0.4, 0.5) is 5.13 Å². The highest BCUT2D eigenvalue weighted by Gasteiger charge is 2.26. The molecule has 0 saturated carbocycles. The van der Waals surface area contributed by atoms with Gasteiger partial charge in [0.25, 0.3) is 5.91 Å². The number of carbonyl (C=O) groups excluding carboxylic acids is 2. The number of anilines is 1. The highest BCUT2D eigenvalue weighted by atomic mass is 32.2. The molecule has 1 heterocycles. The fraction of sp³-hybridized carbons (Fsp3) is 0.444. The summed E-state index contributed by atoms with van der Waals surface area (Å²) in [5, 5.41) is 13.9. The quantitative estimate of drug-likeness (QED) is 0.471. The van der Waals surface area contributed by atoms with E-state index in [0.717, 1.165) is 10.1 Å². The van der Waals surface area contributed by atoms with Gasteiger partial charge in [-0.2, -0.15) is 0 Å². The van der Waals surface area contributed by atoms with E-state index in [1.165, 1.54) is 25.6 Å². The molecule has 0 radical (unpaired) electrons. The molecule has 8 nitrogen and oxygen atoms in total. The summed E-state index contributed by atoms with van der Waals surface area (Å²) >= 11 is 2.86. The van der Waals surface area contributed by atoms with E-state index >= 15 is 0 Å². The molecule has 0 bridgehead atoms. The summed E-state index contributed by atoms with van der Waals surface area (Å²) in [6.45, 7) is 5.73. The van der Waals surface area contributed by atoms with Crippen molar-refractivity contribution in [2.24, 2.45) is 5.92 Å². The number of amides is 2. The molecule has 2 rings (SSSR count). The molecule has 0 aliphatic heterocycles. The fourth-order valence-electron chi connectivity index (χ4n) is 2.32. The third-order valence-corrected chi connectivity index (χ3v) is 5.61. The van der Waals surface area contributed by atoms with Crippen LogP contribution in [0.1, 0.15) is 31.1 Å². The Kier molecular flexibility index (Phi) is 8.06. The Labute approximate surface area is 172 Å². The molecule has 0 spiro atoms. The van der Waals surface area contributed by atoms with Crippen molar-refractivity contribution in [3.63, 3.8) is 0 Å². The van der Waals surface area contributed by atoms with Gasteiger partial charge in [-0.05, 0) is 23.8 Å². The van der Waals surface area contributed by atoms with Crippen LogP contribution in [-0.4, -0.2) is 48.0 Å². The first kappa shape index (κ1) is 22.0. The van der Waals surface area contributed by atoms with Crippen LogP contribution in [0.3, 0.4) is 0 Å². The van der Waals surface area contributed by atoms with Crippen LogP contribution in [0.15, 0.2) is 22.5 Å². The zero-order valence-electron chi connectivity index (χ0n) is 16.4. The molecule has 0 aliphatic carbocycles. The van der Waals surface area contributed by atoms with Crippen LogP contribution in [0.5, 0.6) is 11.5 Å². The van der Waals surface area contributed by atoms with Gasteiger partial charge in [0.05, 0.1) is 14.2 Å². The molecule has 2 amide bonds. The molecule has 0 saturated heterocycles. The summed E-state index contributed by atoms with van der Waals surface area (Å²) < 4.78 is 11.2. The number of nitrogens with one attached hydrogen (secondary N) is 2. The summed E-state index contributed by atoms with van der Waals surface area (Å²) in [5.41, 5.74) is 0.340. The number of rotatable bonds is 9. The Morgan fingerprint density at radius 3 is 2.32 bits per heavy atom. The number of ether oxygens (including phenoxy) is 2. The van der Waals surface area contributed by atoms with E-state index in [4.69, 9.17) is 9.47 Å². The number of hydrogen-bond acceptors (Lipinski definition) is 8. The molecule has 2 N–H and O–H groups in total. The fourth-order valence-corrected chi connectivity index (χ4v) is 3.98. The summed E-state index contributed by atoms with van der Waals surface area (Å²) in [5.74, 6) is 0.980. The first-order valence-electron chi connectivity index (χ1n) is 8.69. The van der Waals surface area contributed by atoms with Gasteiger partial charge in [0.2, 0.25) is 11.0 Å².